The Labute approximate surface area is 175 Å². The number of aromatic amines is 1. The van der Waals surface area contributed by atoms with Crippen molar-refractivity contribution in [2.24, 2.45) is 0 Å². The number of hydrogen-bond acceptors (Lipinski definition) is 8. The van der Waals surface area contributed by atoms with E-state index in [1.54, 1.807) is 18.2 Å². The fraction of sp³-hybridized carbons (Fsp3) is 0.0526. The van der Waals surface area contributed by atoms with Crippen LogP contribution < -0.4 is 15.8 Å². The molecule has 8 nitrogen and oxygen atoms in total. The van der Waals surface area contributed by atoms with E-state index in [2.05, 4.69) is 30.5 Å². The molecule has 0 amide bonds. The number of ether oxygens (including phenoxy) is 1. The molecule has 0 bridgehead atoms. The number of anilines is 3. The zero-order valence-corrected chi connectivity index (χ0v) is 16.8. The summed E-state index contributed by atoms with van der Waals surface area (Å²) in [6.45, 7) is 0. The van der Waals surface area contributed by atoms with E-state index < -0.39 is 0 Å². The van der Waals surface area contributed by atoms with Crippen molar-refractivity contribution < 1.29 is 4.74 Å². The summed E-state index contributed by atoms with van der Waals surface area (Å²) in [6, 6.07) is 16.3. The molecule has 0 aliphatic rings. The van der Waals surface area contributed by atoms with Crippen molar-refractivity contribution in [1.82, 2.24) is 25.1 Å². The summed E-state index contributed by atoms with van der Waals surface area (Å²) in [7, 11) is 0. The van der Waals surface area contributed by atoms with Gasteiger partial charge in [0.05, 0.1) is 0 Å². The lowest BCUT2D eigenvalue weighted by molar-refractivity contribution is 0.456. The number of benzene rings is 2. The molecule has 0 aliphatic carbocycles. The van der Waals surface area contributed by atoms with Gasteiger partial charge < -0.3 is 15.8 Å². The average molecular weight is 426 g/mol. The Bertz CT molecular complexity index is 1130. The van der Waals surface area contributed by atoms with E-state index in [0.717, 1.165) is 11.3 Å². The Morgan fingerprint density at radius 3 is 2.66 bits per heavy atom. The molecule has 2 aromatic heterocycles. The molecule has 0 radical (unpaired) electrons. The second-order valence-electron chi connectivity index (χ2n) is 5.89. The van der Waals surface area contributed by atoms with Crippen LogP contribution in [0.15, 0.2) is 59.8 Å². The van der Waals surface area contributed by atoms with Crippen LogP contribution in [0, 0.1) is 0 Å². The third-order valence-corrected chi connectivity index (χ3v) is 4.58. The number of nitrogen functional groups attached to an aromatic ring is 1. The molecule has 4 N–H and O–H groups in total. The minimum atomic E-state index is 0.359. The van der Waals surface area contributed by atoms with Gasteiger partial charge in [-0.3, -0.25) is 5.10 Å². The lowest BCUT2D eigenvalue weighted by Gasteiger charge is -2.07. The first-order chi connectivity index (χ1) is 14.1. The second-order valence-corrected chi connectivity index (χ2v) is 7.10. The molecule has 0 atom stereocenters. The van der Waals surface area contributed by atoms with Crippen LogP contribution in [0.5, 0.6) is 11.6 Å². The molecule has 0 fully saturated rings. The number of thioether (sulfide) groups is 1. The van der Waals surface area contributed by atoms with E-state index in [0.29, 0.717) is 39.4 Å². The van der Waals surface area contributed by atoms with Crippen LogP contribution in [0.25, 0.3) is 11.4 Å². The van der Waals surface area contributed by atoms with Gasteiger partial charge in [-0.15, -0.1) is 5.10 Å². The quantitative estimate of drug-likeness (QED) is 0.299. The minimum absolute atomic E-state index is 0.359. The molecule has 0 unspecified atom stereocenters. The van der Waals surface area contributed by atoms with Crippen molar-refractivity contribution >= 4 is 40.8 Å². The third-order valence-electron chi connectivity index (χ3n) is 3.80. The predicted molar refractivity (Wildman–Crippen MR) is 115 cm³/mol. The van der Waals surface area contributed by atoms with Crippen LogP contribution in [0.2, 0.25) is 5.02 Å². The molecule has 4 aromatic rings. The van der Waals surface area contributed by atoms with Gasteiger partial charge in [0, 0.05) is 22.3 Å². The van der Waals surface area contributed by atoms with Crippen molar-refractivity contribution in [2.75, 3.05) is 17.3 Å². The highest BCUT2D eigenvalue weighted by Gasteiger charge is 2.08. The highest BCUT2D eigenvalue weighted by molar-refractivity contribution is 7.98. The van der Waals surface area contributed by atoms with Gasteiger partial charge in [-0.1, -0.05) is 29.4 Å². The van der Waals surface area contributed by atoms with Gasteiger partial charge in [-0.05, 0) is 48.7 Å². The van der Waals surface area contributed by atoms with Crippen molar-refractivity contribution in [3.8, 4) is 23.0 Å². The number of halogens is 1. The summed E-state index contributed by atoms with van der Waals surface area (Å²) in [5.41, 5.74) is 7.44. The van der Waals surface area contributed by atoms with E-state index in [1.165, 1.54) is 11.8 Å². The summed E-state index contributed by atoms with van der Waals surface area (Å²) in [4.78, 5) is 12.8. The molecule has 2 aromatic carbocycles. The molecular formula is C19H16ClN7OS. The first-order valence-corrected chi connectivity index (χ1v) is 10.1. The molecule has 0 aliphatic heterocycles. The molecule has 10 heteroatoms. The maximum atomic E-state index is 5.99. The maximum absolute atomic E-state index is 5.99. The number of nitrogens with zero attached hydrogens (tertiary/aromatic N) is 4. The first kappa shape index (κ1) is 19.0. The number of hydrogen-bond donors (Lipinski definition) is 3. The second kappa shape index (κ2) is 8.38. The maximum Gasteiger partial charge on any atom is 0.246 e. The Kier molecular flexibility index (Phi) is 5.50. The topological polar surface area (TPSA) is 115 Å². The highest BCUT2D eigenvalue weighted by atomic mass is 35.5. The normalized spacial score (nSPS) is 10.7. The zero-order chi connectivity index (χ0) is 20.2. The number of H-pyrrole nitrogens is 1. The summed E-state index contributed by atoms with van der Waals surface area (Å²) in [5, 5.41) is 11.4. The molecule has 0 spiro atoms. The van der Waals surface area contributed by atoms with Crippen LogP contribution in [0.4, 0.5) is 17.5 Å². The van der Waals surface area contributed by atoms with E-state index in [1.807, 2.05) is 42.7 Å². The van der Waals surface area contributed by atoms with Crippen molar-refractivity contribution in [3.63, 3.8) is 0 Å². The van der Waals surface area contributed by atoms with Crippen LogP contribution in [-0.4, -0.2) is 31.4 Å². The van der Waals surface area contributed by atoms with E-state index in [-0.39, 0.29) is 0 Å². The monoisotopic (exact) mass is 425 g/mol. The summed E-state index contributed by atoms with van der Waals surface area (Å²) >= 11 is 7.39. The van der Waals surface area contributed by atoms with Crippen molar-refractivity contribution in [1.29, 1.82) is 0 Å². The molecular weight excluding hydrogens is 410 g/mol. The fourth-order valence-corrected chi connectivity index (χ4v) is 3.08. The van der Waals surface area contributed by atoms with Crippen molar-refractivity contribution in [3.05, 3.63) is 59.6 Å². The number of nitrogens with two attached hydrogens (primary N) is 1. The van der Waals surface area contributed by atoms with Crippen LogP contribution >= 0.6 is 23.4 Å². The fourth-order valence-electron chi connectivity index (χ4n) is 2.51. The lowest BCUT2D eigenvalue weighted by atomic mass is 10.2. The standard InChI is InChI=1S/C19H16ClN7OS/c1-29-19-23-15(21)10-16(24-19)28-14-7-5-11(6-8-14)17-25-18(27-26-17)22-13-4-2-3-12(20)9-13/h2-10H,1H3,(H2,21,23,24)(H2,22,25,26,27). The molecule has 29 heavy (non-hydrogen) atoms. The predicted octanol–water partition coefficient (Wildman–Crippen LogP) is 4.76. The van der Waals surface area contributed by atoms with Gasteiger partial charge in [0.2, 0.25) is 11.8 Å². The number of nitrogens with one attached hydrogen (secondary N) is 2. The van der Waals surface area contributed by atoms with E-state index in [4.69, 9.17) is 22.1 Å². The summed E-state index contributed by atoms with van der Waals surface area (Å²) in [6.07, 6.45) is 1.88. The van der Waals surface area contributed by atoms with Crippen LogP contribution in [0.1, 0.15) is 0 Å². The van der Waals surface area contributed by atoms with Crippen LogP contribution in [-0.2, 0) is 0 Å². The van der Waals surface area contributed by atoms with Crippen molar-refractivity contribution in [2.45, 2.75) is 5.16 Å². The Morgan fingerprint density at radius 1 is 1.07 bits per heavy atom. The Morgan fingerprint density at radius 2 is 1.90 bits per heavy atom. The smallest absolute Gasteiger partial charge is 0.246 e. The van der Waals surface area contributed by atoms with Crippen LogP contribution in [0.3, 0.4) is 0 Å². The minimum Gasteiger partial charge on any atom is -0.439 e. The average Bonchev–Trinajstić information content (AvgIpc) is 3.16. The Balaban J connectivity index is 1.47. The van der Waals surface area contributed by atoms with E-state index in [9.17, 15) is 0 Å². The molecule has 4 rings (SSSR count). The van der Waals surface area contributed by atoms with Gasteiger partial charge in [0.25, 0.3) is 0 Å². The molecule has 2 heterocycles. The van der Waals surface area contributed by atoms with Gasteiger partial charge in [-0.2, -0.15) is 9.97 Å². The largest absolute Gasteiger partial charge is 0.439 e. The number of aromatic nitrogens is 5. The SMILES string of the molecule is CSc1nc(N)cc(Oc2ccc(-c3nc(Nc4cccc(Cl)c4)n[nH]3)cc2)n1. The Hall–Kier alpha value is -3.30. The zero-order valence-electron chi connectivity index (χ0n) is 15.3. The summed E-state index contributed by atoms with van der Waals surface area (Å²) < 4.78 is 5.77. The molecule has 0 saturated carbocycles. The lowest BCUT2D eigenvalue weighted by Crippen LogP contribution is -1.97. The molecule has 146 valence electrons. The third kappa shape index (κ3) is 4.76. The van der Waals surface area contributed by atoms with Gasteiger partial charge in [-0.25, -0.2) is 4.98 Å². The first-order valence-electron chi connectivity index (χ1n) is 8.51. The van der Waals surface area contributed by atoms with E-state index >= 15 is 0 Å². The molecule has 0 saturated heterocycles. The van der Waals surface area contributed by atoms with Gasteiger partial charge >= 0.3 is 0 Å². The van der Waals surface area contributed by atoms with Gasteiger partial charge in [0.15, 0.2) is 11.0 Å². The summed E-state index contributed by atoms with van der Waals surface area (Å²) in [5.74, 6) is 2.44. The number of rotatable bonds is 6. The van der Waals surface area contributed by atoms with Gasteiger partial charge in [0.1, 0.15) is 11.6 Å². The highest BCUT2D eigenvalue weighted by Crippen LogP contribution is 2.26.